The quantitative estimate of drug-likeness (QED) is 0.522. The van der Waals surface area contributed by atoms with E-state index in [1.165, 1.54) is 0 Å². The van der Waals surface area contributed by atoms with Crippen molar-refractivity contribution < 1.29 is 9.53 Å². The normalized spacial score (nSPS) is 10.9. The van der Waals surface area contributed by atoms with Gasteiger partial charge in [0.05, 0.1) is 36.2 Å². The van der Waals surface area contributed by atoms with Crippen molar-refractivity contribution in [2.24, 2.45) is 7.05 Å². The van der Waals surface area contributed by atoms with Crippen molar-refractivity contribution in [1.82, 2.24) is 19.7 Å². The van der Waals surface area contributed by atoms with E-state index in [-0.39, 0.29) is 5.78 Å². The van der Waals surface area contributed by atoms with Crippen LogP contribution in [-0.4, -0.2) is 32.6 Å². The van der Waals surface area contributed by atoms with Gasteiger partial charge in [0.1, 0.15) is 5.75 Å². The maximum Gasteiger partial charge on any atom is 0.193 e. The summed E-state index contributed by atoms with van der Waals surface area (Å²) in [4.78, 5) is 22.1. The van der Waals surface area contributed by atoms with Gasteiger partial charge in [0.2, 0.25) is 0 Å². The lowest BCUT2D eigenvalue weighted by Crippen LogP contribution is -2.03. The molecule has 0 aliphatic carbocycles. The summed E-state index contributed by atoms with van der Waals surface area (Å²) in [6.45, 7) is 1.94. The smallest absolute Gasteiger partial charge is 0.193 e. The summed E-state index contributed by atoms with van der Waals surface area (Å²) in [5.74, 6) is 0.588. The predicted molar refractivity (Wildman–Crippen MR) is 103 cm³/mol. The van der Waals surface area contributed by atoms with E-state index in [2.05, 4.69) is 15.1 Å². The summed E-state index contributed by atoms with van der Waals surface area (Å²) in [6, 6.07) is 10.9. The fraction of sp³-hybridized carbons (Fsp3) is 0.143. The predicted octanol–water partition coefficient (Wildman–Crippen LogP) is 3.58. The third-order valence-electron chi connectivity index (χ3n) is 4.35. The highest BCUT2D eigenvalue weighted by molar-refractivity contribution is 6.10. The summed E-state index contributed by atoms with van der Waals surface area (Å²) in [5, 5.41) is 4.17. The first-order valence-corrected chi connectivity index (χ1v) is 8.50. The molecule has 6 heteroatoms. The second-order valence-corrected chi connectivity index (χ2v) is 6.43. The van der Waals surface area contributed by atoms with Crippen molar-refractivity contribution in [3.8, 4) is 17.0 Å². The molecule has 0 saturated carbocycles. The van der Waals surface area contributed by atoms with Gasteiger partial charge in [0.15, 0.2) is 5.78 Å². The van der Waals surface area contributed by atoms with Gasteiger partial charge in [-0.2, -0.15) is 5.10 Å². The monoisotopic (exact) mass is 358 g/mol. The number of fused-ring (bicyclic) bond motifs is 1. The molecule has 27 heavy (non-hydrogen) atoms. The number of ketones is 1. The fourth-order valence-electron chi connectivity index (χ4n) is 3.01. The number of benzene rings is 2. The van der Waals surface area contributed by atoms with E-state index in [1.54, 1.807) is 42.4 Å². The molecule has 0 aliphatic rings. The minimum absolute atomic E-state index is 0.0764. The Labute approximate surface area is 156 Å². The van der Waals surface area contributed by atoms with Crippen LogP contribution in [0.4, 0.5) is 0 Å². The molecule has 6 nitrogen and oxygen atoms in total. The molecule has 0 radical (unpaired) electrons. The van der Waals surface area contributed by atoms with Gasteiger partial charge in [-0.25, -0.2) is 4.98 Å². The fourth-order valence-corrected chi connectivity index (χ4v) is 3.01. The number of methoxy groups -OCH3 is 1. The maximum absolute atomic E-state index is 13.0. The molecule has 0 N–H and O–H groups in total. The molecule has 134 valence electrons. The first-order chi connectivity index (χ1) is 13.0. The molecule has 0 fully saturated rings. The van der Waals surface area contributed by atoms with E-state index < -0.39 is 0 Å². The zero-order chi connectivity index (χ0) is 19.0. The van der Waals surface area contributed by atoms with Gasteiger partial charge in [0.25, 0.3) is 0 Å². The Bertz CT molecular complexity index is 1160. The maximum atomic E-state index is 13.0. The standard InChI is InChI=1S/C21H18N4O2/c1-13-6-15(8-17(7-13)27-3)21(26)14-4-5-18-19(9-14)24-20(11-22-18)16-10-23-25(2)12-16/h4-12H,1-3H3. The van der Waals surface area contributed by atoms with E-state index in [0.717, 1.165) is 22.3 Å². The molecule has 0 aliphatic heterocycles. The van der Waals surface area contributed by atoms with Crippen LogP contribution in [-0.2, 0) is 7.05 Å². The van der Waals surface area contributed by atoms with Gasteiger partial charge >= 0.3 is 0 Å². The van der Waals surface area contributed by atoms with E-state index in [0.29, 0.717) is 22.4 Å². The number of aryl methyl sites for hydroxylation is 2. The van der Waals surface area contributed by atoms with Gasteiger partial charge in [-0.3, -0.25) is 14.5 Å². The van der Waals surface area contributed by atoms with Crippen LogP contribution >= 0.6 is 0 Å². The summed E-state index contributed by atoms with van der Waals surface area (Å²) < 4.78 is 6.99. The minimum Gasteiger partial charge on any atom is -0.497 e. The first-order valence-electron chi connectivity index (χ1n) is 8.50. The summed E-state index contributed by atoms with van der Waals surface area (Å²) in [5.41, 5.74) is 5.12. The van der Waals surface area contributed by atoms with Crippen molar-refractivity contribution in [2.45, 2.75) is 6.92 Å². The Morgan fingerprint density at radius 3 is 2.63 bits per heavy atom. The molecule has 4 rings (SSSR count). The molecule has 0 unspecified atom stereocenters. The lowest BCUT2D eigenvalue weighted by molar-refractivity contribution is 0.103. The van der Waals surface area contributed by atoms with E-state index >= 15 is 0 Å². The molecule has 2 aromatic carbocycles. The summed E-state index contributed by atoms with van der Waals surface area (Å²) in [7, 11) is 3.44. The van der Waals surface area contributed by atoms with Gasteiger partial charge in [-0.05, 0) is 48.9 Å². The van der Waals surface area contributed by atoms with E-state index in [4.69, 9.17) is 4.74 Å². The molecule has 2 heterocycles. The Kier molecular flexibility index (Phi) is 4.16. The highest BCUT2D eigenvalue weighted by Crippen LogP contribution is 2.22. The van der Waals surface area contributed by atoms with Crippen LogP contribution in [0.25, 0.3) is 22.3 Å². The molecule has 0 saturated heterocycles. The second kappa shape index (κ2) is 6.64. The van der Waals surface area contributed by atoms with Crippen LogP contribution in [0.2, 0.25) is 0 Å². The Balaban J connectivity index is 1.76. The number of ether oxygens (including phenoxy) is 1. The second-order valence-electron chi connectivity index (χ2n) is 6.43. The number of hydrogen-bond acceptors (Lipinski definition) is 5. The molecule has 0 amide bonds. The number of nitrogens with zero attached hydrogens (tertiary/aromatic N) is 4. The third kappa shape index (κ3) is 3.29. The molecule has 4 aromatic rings. The number of rotatable bonds is 4. The zero-order valence-corrected chi connectivity index (χ0v) is 15.3. The minimum atomic E-state index is -0.0764. The lowest BCUT2D eigenvalue weighted by atomic mass is 10.0. The van der Waals surface area contributed by atoms with Crippen molar-refractivity contribution in [3.63, 3.8) is 0 Å². The van der Waals surface area contributed by atoms with Gasteiger partial charge < -0.3 is 4.74 Å². The van der Waals surface area contributed by atoms with Gasteiger partial charge in [-0.15, -0.1) is 0 Å². The van der Waals surface area contributed by atoms with Crippen molar-refractivity contribution in [1.29, 1.82) is 0 Å². The summed E-state index contributed by atoms with van der Waals surface area (Å²) >= 11 is 0. The van der Waals surface area contributed by atoms with Crippen LogP contribution < -0.4 is 4.74 Å². The molecule has 0 atom stereocenters. The SMILES string of the molecule is COc1cc(C)cc(C(=O)c2ccc3ncc(-c4cnn(C)c4)nc3c2)c1. The Hall–Kier alpha value is -3.54. The van der Waals surface area contributed by atoms with E-state index in [9.17, 15) is 4.79 Å². The van der Waals surface area contributed by atoms with Crippen LogP contribution in [0.3, 0.4) is 0 Å². The average molecular weight is 358 g/mol. The first kappa shape index (κ1) is 16.9. The molecule has 2 aromatic heterocycles. The Morgan fingerprint density at radius 2 is 1.89 bits per heavy atom. The topological polar surface area (TPSA) is 69.9 Å². The van der Waals surface area contributed by atoms with Crippen molar-refractivity contribution in [2.75, 3.05) is 7.11 Å². The van der Waals surface area contributed by atoms with Gasteiger partial charge in [-0.1, -0.05) is 0 Å². The van der Waals surface area contributed by atoms with E-state index in [1.807, 2.05) is 38.4 Å². The molecular weight excluding hydrogens is 340 g/mol. The van der Waals surface area contributed by atoms with Crippen LogP contribution in [0.5, 0.6) is 5.75 Å². The average Bonchev–Trinajstić information content (AvgIpc) is 3.12. The number of aromatic nitrogens is 4. The molecular formula is C21H18N4O2. The highest BCUT2D eigenvalue weighted by Gasteiger charge is 2.13. The number of carbonyl (C=O) groups excluding carboxylic acids is 1. The zero-order valence-electron chi connectivity index (χ0n) is 15.3. The van der Waals surface area contributed by atoms with Crippen molar-refractivity contribution in [3.05, 3.63) is 71.7 Å². The lowest BCUT2D eigenvalue weighted by Gasteiger charge is -2.07. The third-order valence-corrected chi connectivity index (χ3v) is 4.35. The number of carbonyl (C=O) groups is 1. The van der Waals surface area contributed by atoms with Crippen molar-refractivity contribution >= 4 is 16.8 Å². The highest BCUT2D eigenvalue weighted by atomic mass is 16.5. The molecule has 0 bridgehead atoms. The van der Waals surface area contributed by atoms with Gasteiger partial charge in [0, 0.05) is 29.9 Å². The molecule has 0 spiro atoms. The summed E-state index contributed by atoms with van der Waals surface area (Å²) in [6.07, 6.45) is 5.33. The number of hydrogen-bond donors (Lipinski definition) is 0. The van der Waals surface area contributed by atoms with Crippen LogP contribution in [0, 0.1) is 6.92 Å². The largest absolute Gasteiger partial charge is 0.497 e. The van der Waals surface area contributed by atoms with Crippen LogP contribution in [0.15, 0.2) is 55.0 Å². The Morgan fingerprint density at radius 1 is 1.04 bits per heavy atom. The van der Waals surface area contributed by atoms with Crippen LogP contribution in [0.1, 0.15) is 21.5 Å².